The molecule has 260 valence electrons. The van der Waals surface area contributed by atoms with Crippen molar-refractivity contribution in [3.63, 3.8) is 0 Å². The highest BCUT2D eigenvalue weighted by Gasteiger charge is 2.34. The third kappa shape index (κ3) is 6.18. The van der Waals surface area contributed by atoms with Crippen molar-refractivity contribution in [2.75, 3.05) is 19.0 Å². The molecule has 0 aliphatic heterocycles. The first-order valence-electron chi connectivity index (χ1n) is 17.8. The molecular weight excluding hydrogens is 627 g/mol. The van der Waals surface area contributed by atoms with Crippen molar-refractivity contribution in [2.45, 2.75) is 73.1 Å². The first kappa shape index (κ1) is 34.1. The van der Waals surface area contributed by atoms with Gasteiger partial charge in [0.25, 0.3) is 0 Å². The van der Waals surface area contributed by atoms with Crippen LogP contribution in [0.5, 0.6) is 11.5 Å². The summed E-state index contributed by atoms with van der Waals surface area (Å²) in [6, 6.07) is 31.9. The lowest BCUT2D eigenvalue weighted by Gasteiger charge is -2.26. The van der Waals surface area contributed by atoms with E-state index in [0.717, 1.165) is 50.7 Å². The topological polar surface area (TPSA) is 48.1 Å². The molecule has 0 amide bonds. The van der Waals surface area contributed by atoms with Gasteiger partial charge in [0, 0.05) is 65.3 Å². The van der Waals surface area contributed by atoms with Gasteiger partial charge in [-0.15, -0.1) is 0 Å². The summed E-state index contributed by atoms with van der Waals surface area (Å²) in [6.45, 7) is 20.2. The van der Waals surface area contributed by atoms with Crippen LogP contribution in [0.25, 0.3) is 44.4 Å². The zero-order valence-electron chi connectivity index (χ0n) is 31.9. The maximum atomic E-state index is 6.67. The molecule has 3 aromatic heterocycles. The van der Waals surface area contributed by atoms with Gasteiger partial charge in [0.15, 0.2) is 0 Å². The van der Waals surface area contributed by atoms with Crippen LogP contribution in [0.15, 0.2) is 97.2 Å². The first-order valence-corrected chi connectivity index (χ1v) is 17.8. The lowest BCUT2D eigenvalue weighted by atomic mass is 9.79. The van der Waals surface area contributed by atoms with Gasteiger partial charge in [0.2, 0.25) is 0 Å². The number of ether oxygens (including phenoxy) is 1. The average Bonchev–Trinajstić information content (AvgIpc) is 3.62. The summed E-state index contributed by atoms with van der Waals surface area (Å²) in [6.07, 6.45) is 1.87. The van der Waals surface area contributed by atoms with Gasteiger partial charge in [-0.1, -0.05) is 65.8 Å². The second-order valence-corrected chi connectivity index (χ2v) is 16.2. The Morgan fingerprint density at radius 3 is 2.00 bits per heavy atom. The highest BCUT2D eigenvalue weighted by Crippen LogP contribution is 2.45. The summed E-state index contributed by atoms with van der Waals surface area (Å²) in [5.41, 5.74) is 12.4. The molecule has 7 aromatic rings. The second-order valence-electron chi connectivity index (χ2n) is 16.2. The van der Waals surface area contributed by atoms with Crippen molar-refractivity contribution in [1.29, 1.82) is 0 Å². The minimum Gasteiger partial charge on any atom is -0.457 e. The predicted molar refractivity (Wildman–Crippen MR) is 214 cm³/mol. The van der Waals surface area contributed by atoms with E-state index in [1.807, 2.05) is 18.3 Å². The van der Waals surface area contributed by atoms with Crippen LogP contribution in [0.2, 0.25) is 0 Å². The quantitative estimate of drug-likeness (QED) is 0.176. The second kappa shape index (κ2) is 12.4. The van der Waals surface area contributed by atoms with E-state index in [2.05, 4.69) is 169 Å². The van der Waals surface area contributed by atoms with Gasteiger partial charge in [-0.2, -0.15) is 5.10 Å². The molecule has 0 saturated heterocycles. The molecule has 6 nitrogen and oxygen atoms in total. The molecule has 51 heavy (non-hydrogen) atoms. The molecule has 6 heteroatoms. The Bertz CT molecular complexity index is 2410. The molecule has 0 bridgehead atoms. The minimum atomic E-state index is -0.204. The molecule has 0 atom stereocenters. The number of anilines is 1. The molecule has 0 unspecified atom stereocenters. The molecule has 0 radical (unpaired) electrons. The fraction of sp³-hybridized carbons (Fsp3) is 0.289. The lowest BCUT2D eigenvalue weighted by Crippen LogP contribution is -2.19. The normalized spacial score (nSPS) is 12.2. The van der Waals surface area contributed by atoms with Gasteiger partial charge in [0.1, 0.15) is 17.3 Å². The number of hydrogen-bond donors (Lipinski definition) is 0. The van der Waals surface area contributed by atoms with Crippen LogP contribution in [-0.4, -0.2) is 33.4 Å². The van der Waals surface area contributed by atoms with Gasteiger partial charge in [-0.05, 0) is 97.6 Å². The average molecular weight is 676 g/mol. The predicted octanol–water partition coefficient (Wildman–Crippen LogP) is 11.4. The van der Waals surface area contributed by atoms with Crippen molar-refractivity contribution in [3.8, 4) is 34.1 Å². The zero-order valence-corrected chi connectivity index (χ0v) is 31.9. The molecule has 0 aliphatic rings. The summed E-state index contributed by atoms with van der Waals surface area (Å²) >= 11 is 0. The van der Waals surface area contributed by atoms with Crippen LogP contribution >= 0.6 is 0 Å². The fourth-order valence-corrected chi connectivity index (χ4v) is 7.37. The monoisotopic (exact) mass is 675 g/mol. The van der Waals surface area contributed by atoms with Gasteiger partial charge in [-0.3, -0.25) is 4.57 Å². The number of rotatable bonds is 6. The summed E-state index contributed by atoms with van der Waals surface area (Å²) in [5, 5.41) is 7.79. The van der Waals surface area contributed by atoms with E-state index in [4.69, 9.17) is 14.8 Å². The Labute approximate surface area is 302 Å². The van der Waals surface area contributed by atoms with E-state index in [9.17, 15) is 0 Å². The van der Waals surface area contributed by atoms with Crippen LogP contribution in [-0.2, 0) is 10.8 Å². The Morgan fingerprint density at radius 1 is 0.647 bits per heavy atom. The number of pyridine rings is 1. The van der Waals surface area contributed by atoms with Crippen LogP contribution in [0, 0.1) is 20.8 Å². The number of para-hydroxylation sites is 1. The van der Waals surface area contributed by atoms with E-state index in [-0.39, 0.29) is 10.8 Å². The zero-order chi connectivity index (χ0) is 36.4. The molecule has 0 N–H and O–H groups in total. The van der Waals surface area contributed by atoms with E-state index < -0.39 is 0 Å². The van der Waals surface area contributed by atoms with Crippen LogP contribution in [0.3, 0.4) is 0 Å². The summed E-state index contributed by atoms with van der Waals surface area (Å²) in [5.74, 6) is 2.40. The first-order chi connectivity index (χ1) is 24.1. The Balaban J connectivity index is 1.36. The largest absolute Gasteiger partial charge is 0.457 e. The van der Waals surface area contributed by atoms with Crippen molar-refractivity contribution in [3.05, 3.63) is 125 Å². The van der Waals surface area contributed by atoms with Crippen LogP contribution < -0.4 is 9.64 Å². The van der Waals surface area contributed by atoms with Crippen molar-refractivity contribution in [2.24, 2.45) is 0 Å². The Morgan fingerprint density at radius 2 is 1.33 bits per heavy atom. The maximum Gasteiger partial charge on any atom is 0.137 e. The van der Waals surface area contributed by atoms with Gasteiger partial charge < -0.3 is 9.64 Å². The number of benzene rings is 4. The highest BCUT2D eigenvalue weighted by atomic mass is 16.5. The summed E-state index contributed by atoms with van der Waals surface area (Å²) in [7, 11) is 4.20. The van der Waals surface area contributed by atoms with Crippen LogP contribution in [0.1, 0.15) is 69.6 Å². The Kier molecular flexibility index (Phi) is 8.32. The molecule has 3 heterocycles. The van der Waals surface area contributed by atoms with Gasteiger partial charge in [-0.25, -0.2) is 9.67 Å². The van der Waals surface area contributed by atoms with E-state index >= 15 is 0 Å². The number of hydrogen-bond acceptors (Lipinski definition) is 4. The fourth-order valence-electron chi connectivity index (χ4n) is 7.37. The van der Waals surface area contributed by atoms with Gasteiger partial charge in [0.05, 0.1) is 28.1 Å². The number of nitrogens with zero attached hydrogens (tertiary/aromatic N) is 5. The minimum absolute atomic E-state index is 0.187. The number of aromatic nitrogens is 4. The third-order valence-electron chi connectivity index (χ3n) is 9.66. The van der Waals surface area contributed by atoms with E-state index in [1.54, 1.807) is 0 Å². The van der Waals surface area contributed by atoms with E-state index in [1.165, 1.54) is 39.0 Å². The van der Waals surface area contributed by atoms with Gasteiger partial charge >= 0.3 is 0 Å². The third-order valence-corrected chi connectivity index (χ3v) is 9.66. The maximum absolute atomic E-state index is 6.67. The van der Waals surface area contributed by atoms with Crippen molar-refractivity contribution in [1.82, 2.24) is 19.3 Å². The molecule has 4 aromatic carbocycles. The standard InChI is InChI=1S/C45H49N5O/c1-28-21-22-46-39(23-28)49-37-18-13-12-17-35(37)36-20-19-34(27-38(36)49)51-33-16-14-15-31(26-33)50-43(45(7,8)9)41(42(47-50)44(4,5)6)40-29(2)24-32(48(10)11)25-30(40)3/h12-27H,1-11H3. The lowest BCUT2D eigenvalue weighted by molar-refractivity contribution is 0.482. The van der Waals surface area contributed by atoms with Crippen molar-refractivity contribution >= 4 is 27.5 Å². The van der Waals surface area contributed by atoms with Crippen LogP contribution in [0.4, 0.5) is 5.69 Å². The summed E-state index contributed by atoms with van der Waals surface area (Å²) in [4.78, 5) is 6.92. The molecule has 0 spiro atoms. The number of aryl methyl sites for hydroxylation is 3. The molecule has 0 fully saturated rings. The van der Waals surface area contributed by atoms with Crippen molar-refractivity contribution < 1.29 is 4.74 Å². The highest BCUT2D eigenvalue weighted by molar-refractivity contribution is 6.09. The summed E-state index contributed by atoms with van der Waals surface area (Å²) < 4.78 is 11.1. The molecule has 7 rings (SSSR count). The molecular formula is C45H49N5O. The van der Waals surface area contributed by atoms with E-state index in [0.29, 0.717) is 0 Å². The molecule has 0 saturated carbocycles. The molecule has 0 aliphatic carbocycles. The Hall–Kier alpha value is -5.36. The SMILES string of the molecule is Cc1ccnc(-n2c3ccccc3c3ccc(Oc4cccc(-n5nc(C(C)(C)C)c(-c6c(C)cc(N(C)C)cc6C)c5C(C)(C)C)c4)cc32)c1. The smallest absolute Gasteiger partial charge is 0.137 e. The number of fused-ring (bicyclic) bond motifs is 3.